The van der Waals surface area contributed by atoms with Crippen LogP contribution in [0.3, 0.4) is 0 Å². The van der Waals surface area contributed by atoms with Crippen LogP contribution < -0.4 is 10.5 Å². The molecule has 2 heterocycles. The van der Waals surface area contributed by atoms with E-state index in [2.05, 4.69) is 49.1 Å². The van der Waals surface area contributed by atoms with Gasteiger partial charge in [-0.3, -0.25) is 9.69 Å². The summed E-state index contributed by atoms with van der Waals surface area (Å²) < 4.78 is 11.7. The van der Waals surface area contributed by atoms with Crippen LogP contribution in [-0.2, 0) is 22.6 Å². The Morgan fingerprint density at radius 2 is 1.85 bits per heavy atom. The van der Waals surface area contributed by atoms with Crippen molar-refractivity contribution in [1.29, 1.82) is 5.26 Å². The van der Waals surface area contributed by atoms with E-state index in [-0.39, 0.29) is 22.7 Å². The van der Waals surface area contributed by atoms with Crippen LogP contribution in [0.25, 0.3) is 0 Å². The van der Waals surface area contributed by atoms with E-state index in [4.69, 9.17) is 33.1 Å². The molecule has 1 saturated heterocycles. The molecule has 0 radical (unpaired) electrons. The number of rotatable bonds is 8. The molecule has 0 bridgehead atoms. The molecule has 10 heteroatoms. The van der Waals surface area contributed by atoms with Crippen LogP contribution in [0.5, 0.6) is 5.75 Å². The molecule has 1 fully saturated rings. The Morgan fingerprint density at radius 3 is 2.41 bits per heavy atom. The van der Waals surface area contributed by atoms with Crippen molar-refractivity contribution < 1.29 is 25.2 Å². The Morgan fingerprint density at radius 1 is 1.20 bits per heavy atom. The lowest BCUT2D eigenvalue weighted by Crippen LogP contribution is -2.49. The highest BCUT2D eigenvalue weighted by atomic mass is 32.2. The Bertz CT molecular complexity index is 1200. The van der Waals surface area contributed by atoms with Gasteiger partial charge in [-0.15, -0.1) is 24.4 Å². The lowest BCUT2D eigenvalue weighted by Gasteiger charge is -2.46. The number of hydrogen-bond donors (Lipinski definition) is 2. The fourth-order valence-corrected chi connectivity index (χ4v) is 6.09. The number of nitrogens with zero attached hydrogens (tertiary/aromatic N) is 2. The number of methoxy groups -OCH3 is 1. The number of thioether (sulfide) groups is 1. The van der Waals surface area contributed by atoms with Gasteiger partial charge in [0.05, 0.1) is 18.8 Å². The second-order valence-corrected chi connectivity index (χ2v) is 11.5. The van der Waals surface area contributed by atoms with Gasteiger partial charge in [-0.05, 0) is 79.0 Å². The minimum atomic E-state index is -0.359. The van der Waals surface area contributed by atoms with Crippen molar-refractivity contribution in [3.63, 3.8) is 0 Å². The molecule has 0 saturated carbocycles. The minimum Gasteiger partial charge on any atom is -0.495 e. The smallest absolute Gasteiger partial charge is 0.142 e. The number of benzene rings is 2. The number of ether oxygens (including phenoxy) is 2. The zero-order valence-electron chi connectivity index (χ0n) is 24.1. The molecular weight excluding hydrogens is 558 g/mol. The predicted molar refractivity (Wildman–Crippen MR) is 169 cm³/mol. The summed E-state index contributed by atoms with van der Waals surface area (Å²) in [5.41, 5.74) is 9.08. The second kappa shape index (κ2) is 18.0. The van der Waals surface area contributed by atoms with Gasteiger partial charge in [0.2, 0.25) is 0 Å². The predicted octanol–water partition coefficient (Wildman–Crippen LogP) is 4.26. The van der Waals surface area contributed by atoms with Crippen LogP contribution in [0.1, 0.15) is 49.8 Å². The molecule has 1 spiro atoms. The van der Waals surface area contributed by atoms with Gasteiger partial charge < -0.3 is 26.2 Å². The second-order valence-electron chi connectivity index (χ2n) is 9.70. The molecule has 6 N–H and O–H groups in total. The van der Waals surface area contributed by atoms with Crippen molar-refractivity contribution in [2.75, 3.05) is 26.0 Å². The molecule has 2 aromatic carbocycles. The number of likely N-dealkylation sites (tertiary alicyclic amines) is 1. The number of carbonyl (C=O) groups excluding carboxylic acids is 1. The van der Waals surface area contributed by atoms with E-state index in [9.17, 15) is 4.79 Å². The number of thiol groups is 1. The zero-order valence-corrected chi connectivity index (χ0v) is 25.8. The quantitative estimate of drug-likeness (QED) is 0.199. The van der Waals surface area contributed by atoms with Crippen LogP contribution in [-0.4, -0.2) is 59.8 Å². The number of nitriles is 1. The monoisotopic (exact) mass is 601 g/mol. The Kier molecular flexibility index (Phi) is 16.0. The fourth-order valence-electron chi connectivity index (χ4n) is 4.98. The molecular formula is C31H43N3O5S2. The number of allylic oxidation sites excluding steroid dienone is 2. The maximum absolute atomic E-state index is 10.7. The van der Waals surface area contributed by atoms with Crippen LogP contribution in [0.15, 0.2) is 70.0 Å². The molecule has 0 aromatic heterocycles. The average Bonchev–Trinajstić information content (AvgIpc) is 2.96. The van der Waals surface area contributed by atoms with Gasteiger partial charge in [-0.2, -0.15) is 5.26 Å². The maximum Gasteiger partial charge on any atom is 0.142 e. The van der Waals surface area contributed by atoms with E-state index in [1.54, 1.807) is 7.11 Å². The molecule has 0 aliphatic carbocycles. The molecule has 1 atom stereocenters. The molecule has 4 rings (SSSR count). The normalized spacial score (nSPS) is 18.0. The Hall–Kier alpha value is -2.62. The summed E-state index contributed by atoms with van der Waals surface area (Å²) in [5.74, 6) is 1.74. The molecule has 2 aromatic rings. The molecule has 2 aliphatic rings. The summed E-state index contributed by atoms with van der Waals surface area (Å²) in [5, 5.41) is 9.13. The van der Waals surface area contributed by atoms with Crippen molar-refractivity contribution in [2.24, 2.45) is 5.73 Å². The zero-order chi connectivity index (χ0) is 28.3. The van der Waals surface area contributed by atoms with Crippen molar-refractivity contribution in [3.05, 3.63) is 81.8 Å². The van der Waals surface area contributed by atoms with Crippen LogP contribution in [0.2, 0.25) is 0 Å². The van der Waals surface area contributed by atoms with Crippen LogP contribution in [0, 0.1) is 11.3 Å². The summed E-state index contributed by atoms with van der Waals surface area (Å²) in [7, 11) is 1.59. The van der Waals surface area contributed by atoms with E-state index in [0.29, 0.717) is 17.9 Å². The van der Waals surface area contributed by atoms with Gasteiger partial charge in [-0.1, -0.05) is 31.2 Å². The molecule has 0 amide bonds. The van der Waals surface area contributed by atoms with E-state index < -0.39 is 0 Å². The highest BCUT2D eigenvalue weighted by molar-refractivity contribution is 7.99. The molecule has 41 heavy (non-hydrogen) atoms. The lowest BCUT2D eigenvalue weighted by molar-refractivity contribution is -0.104. The third kappa shape index (κ3) is 10.0. The van der Waals surface area contributed by atoms with E-state index in [1.165, 1.54) is 16.5 Å². The van der Waals surface area contributed by atoms with E-state index >= 15 is 0 Å². The van der Waals surface area contributed by atoms with Gasteiger partial charge in [0.15, 0.2) is 0 Å². The van der Waals surface area contributed by atoms with Crippen LogP contribution >= 0.6 is 24.4 Å². The number of hydrogen-bond acceptors (Lipinski definition) is 8. The van der Waals surface area contributed by atoms with Gasteiger partial charge in [-0.25, -0.2) is 0 Å². The first-order valence-electron chi connectivity index (χ1n) is 13.3. The van der Waals surface area contributed by atoms with Gasteiger partial charge in [0, 0.05) is 36.0 Å². The maximum atomic E-state index is 10.7. The number of piperidine rings is 1. The number of aldehydes is 1. The summed E-state index contributed by atoms with van der Waals surface area (Å²) in [4.78, 5) is 15.4. The van der Waals surface area contributed by atoms with Gasteiger partial charge >= 0.3 is 0 Å². The molecule has 2 aliphatic heterocycles. The fraction of sp³-hybridized carbons (Fsp3) is 0.419. The Balaban J connectivity index is 0.000000548. The highest BCUT2D eigenvalue weighted by Crippen LogP contribution is 2.43. The summed E-state index contributed by atoms with van der Waals surface area (Å²) in [6.45, 7) is 7.45. The third-order valence-electron chi connectivity index (χ3n) is 6.97. The first-order valence-corrected chi connectivity index (χ1v) is 14.7. The Labute approximate surface area is 253 Å². The molecule has 224 valence electrons. The van der Waals surface area contributed by atoms with Crippen molar-refractivity contribution in [2.45, 2.75) is 62.8 Å². The SMILES string of the molecule is CCSc1ccc(CN)cc1.COc1cc(CN2CCC3(CC2)OC(C)CC(/C=C/C=O)=C3S)ccc1C#N.O.O. The lowest BCUT2D eigenvalue weighted by atomic mass is 9.84. The third-order valence-corrected chi connectivity index (χ3v) is 8.56. The average molecular weight is 602 g/mol. The van der Waals surface area contributed by atoms with E-state index in [1.807, 2.05) is 36.0 Å². The number of carbonyl (C=O) groups is 1. The van der Waals surface area contributed by atoms with E-state index in [0.717, 1.165) is 67.0 Å². The van der Waals surface area contributed by atoms with Gasteiger partial charge in [0.1, 0.15) is 23.7 Å². The minimum absolute atomic E-state index is 0. The standard InChI is InChI=1S/C22H26N2O3S.C9H13NS.2H2O/c1-16-12-18(4-3-11-25)21(28)22(27-16)7-9-24(10-8-22)15-17-5-6-19(14-23)20(13-17)26-2;1-2-11-9-5-3-8(7-10)4-6-9;;/h3-6,11,13,16,28H,7-10,12,15H2,1-2H3;3-6H,2,7,10H2,1H3;2*1H2/b4-3+;;;. The molecule has 1 unspecified atom stereocenters. The van der Waals surface area contributed by atoms with Crippen molar-refractivity contribution in [3.8, 4) is 11.8 Å². The highest BCUT2D eigenvalue weighted by Gasteiger charge is 2.42. The van der Waals surface area contributed by atoms with Gasteiger partial charge in [0.25, 0.3) is 0 Å². The summed E-state index contributed by atoms with van der Waals surface area (Å²) >= 11 is 6.65. The first kappa shape index (κ1) is 36.4. The van der Waals surface area contributed by atoms with Crippen LogP contribution in [0.4, 0.5) is 0 Å². The number of nitrogens with two attached hydrogens (primary N) is 1. The first-order chi connectivity index (χ1) is 18.9. The summed E-state index contributed by atoms with van der Waals surface area (Å²) in [6.07, 6.45) is 6.81. The topological polar surface area (TPSA) is 152 Å². The largest absolute Gasteiger partial charge is 0.495 e. The molecule has 8 nitrogen and oxygen atoms in total. The summed E-state index contributed by atoms with van der Waals surface area (Å²) in [6, 6.07) is 16.3. The van der Waals surface area contributed by atoms with Crippen molar-refractivity contribution >= 4 is 30.7 Å². The van der Waals surface area contributed by atoms with Crippen molar-refractivity contribution in [1.82, 2.24) is 4.90 Å².